The van der Waals surface area contributed by atoms with Gasteiger partial charge in [0.1, 0.15) is 0 Å². The maximum Gasteiger partial charge on any atom is 0.234 e. The molecule has 1 rings (SSSR count). The number of hydrogen-bond acceptors (Lipinski definition) is 3. The number of carbonyl (C=O) groups excluding carboxylic acids is 1. The SMILES string of the molecule is CCC(C)(C)NC(=O)CN1CCC(C)(CN)C1. The molecule has 0 bridgehead atoms. The van der Waals surface area contributed by atoms with E-state index in [4.69, 9.17) is 5.73 Å². The highest BCUT2D eigenvalue weighted by Gasteiger charge is 2.33. The topological polar surface area (TPSA) is 58.4 Å². The van der Waals surface area contributed by atoms with Crippen LogP contribution in [0.4, 0.5) is 0 Å². The molecule has 1 fully saturated rings. The second-order valence-corrected chi connectivity index (χ2v) is 6.26. The van der Waals surface area contributed by atoms with E-state index in [1.54, 1.807) is 0 Å². The first-order valence-electron chi connectivity index (χ1n) is 6.54. The van der Waals surface area contributed by atoms with E-state index >= 15 is 0 Å². The third-order valence-electron chi connectivity index (χ3n) is 3.86. The predicted molar refractivity (Wildman–Crippen MR) is 70.7 cm³/mol. The van der Waals surface area contributed by atoms with Crippen molar-refractivity contribution in [3.05, 3.63) is 0 Å². The number of hydrogen-bond donors (Lipinski definition) is 2. The van der Waals surface area contributed by atoms with Crippen LogP contribution < -0.4 is 11.1 Å². The van der Waals surface area contributed by atoms with Gasteiger partial charge in [-0.25, -0.2) is 0 Å². The Morgan fingerprint density at radius 3 is 2.65 bits per heavy atom. The minimum absolute atomic E-state index is 0.103. The molecule has 0 aromatic heterocycles. The lowest BCUT2D eigenvalue weighted by molar-refractivity contribution is -0.123. The van der Waals surface area contributed by atoms with Crippen LogP contribution in [0.15, 0.2) is 0 Å². The summed E-state index contributed by atoms with van der Waals surface area (Å²) in [5.41, 5.74) is 5.85. The van der Waals surface area contributed by atoms with E-state index in [0.29, 0.717) is 13.1 Å². The number of nitrogens with one attached hydrogen (secondary N) is 1. The molecule has 0 aromatic rings. The first-order valence-corrected chi connectivity index (χ1v) is 6.54. The van der Waals surface area contributed by atoms with Gasteiger partial charge in [-0.3, -0.25) is 9.69 Å². The molecule has 3 N–H and O–H groups in total. The van der Waals surface area contributed by atoms with Crippen LogP contribution in [0.2, 0.25) is 0 Å². The maximum atomic E-state index is 11.9. The van der Waals surface area contributed by atoms with Crippen LogP contribution in [0.3, 0.4) is 0 Å². The minimum Gasteiger partial charge on any atom is -0.350 e. The monoisotopic (exact) mass is 241 g/mol. The van der Waals surface area contributed by atoms with Gasteiger partial charge in [0.2, 0.25) is 5.91 Å². The summed E-state index contributed by atoms with van der Waals surface area (Å²) in [5.74, 6) is 0.123. The number of rotatable bonds is 5. The molecular formula is C13H27N3O. The summed E-state index contributed by atoms with van der Waals surface area (Å²) in [6.45, 7) is 11.5. The standard InChI is InChI=1S/C13H27N3O/c1-5-12(2,3)15-11(17)8-16-7-6-13(4,9-14)10-16/h5-10,14H2,1-4H3,(H,15,17). The zero-order valence-electron chi connectivity index (χ0n) is 11.7. The van der Waals surface area contributed by atoms with Gasteiger partial charge in [-0.2, -0.15) is 0 Å². The first-order chi connectivity index (χ1) is 7.80. The van der Waals surface area contributed by atoms with Crippen molar-refractivity contribution in [2.24, 2.45) is 11.1 Å². The molecule has 0 spiro atoms. The van der Waals surface area contributed by atoms with Crippen molar-refractivity contribution in [2.75, 3.05) is 26.2 Å². The smallest absolute Gasteiger partial charge is 0.234 e. The number of likely N-dealkylation sites (tertiary alicyclic amines) is 1. The van der Waals surface area contributed by atoms with Gasteiger partial charge in [-0.05, 0) is 45.2 Å². The third kappa shape index (κ3) is 4.28. The van der Waals surface area contributed by atoms with Crippen LogP contribution in [0.5, 0.6) is 0 Å². The van der Waals surface area contributed by atoms with Crippen LogP contribution in [0.25, 0.3) is 0 Å². The summed E-state index contributed by atoms with van der Waals surface area (Å²) in [4.78, 5) is 14.1. The van der Waals surface area contributed by atoms with Gasteiger partial charge in [0, 0.05) is 12.1 Å². The van der Waals surface area contributed by atoms with Crippen LogP contribution in [-0.4, -0.2) is 42.5 Å². The van der Waals surface area contributed by atoms with E-state index < -0.39 is 0 Å². The Labute approximate surface area is 105 Å². The van der Waals surface area contributed by atoms with E-state index in [2.05, 4.69) is 37.9 Å². The highest BCUT2D eigenvalue weighted by molar-refractivity contribution is 5.78. The van der Waals surface area contributed by atoms with Crippen molar-refractivity contribution in [1.82, 2.24) is 10.2 Å². The molecule has 17 heavy (non-hydrogen) atoms. The van der Waals surface area contributed by atoms with E-state index in [-0.39, 0.29) is 16.9 Å². The zero-order chi connectivity index (χ0) is 13.1. The quantitative estimate of drug-likeness (QED) is 0.754. The van der Waals surface area contributed by atoms with Crippen molar-refractivity contribution in [3.8, 4) is 0 Å². The summed E-state index contributed by atoms with van der Waals surface area (Å²) in [6.07, 6.45) is 2.03. The van der Waals surface area contributed by atoms with Gasteiger partial charge in [-0.1, -0.05) is 13.8 Å². The Morgan fingerprint density at radius 2 is 2.18 bits per heavy atom. The van der Waals surface area contributed by atoms with Gasteiger partial charge in [0.05, 0.1) is 6.54 Å². The average molecular weight is 241 g/mol. The molecule has 0 aromatic carbocycles. The molecule has 1 heterocycles. The molecule has 1 saturated heterocycles. The van der Waals surface area contributed by atoms with Crippen molar-refractivity contribution in [1.29, 1.82) is 0 Å². The van der Waals surface area contributed by atoms with Gasteiger partial charge < -0.3 is 11.1 Å². The molecule has 1 aliphatic heterocycles. The fourth-order valence-electron chi connectivity index (χ4n) is 2.14. The zero-order valence-corrected chi connectivity index (χ0v) is 11.7. The third-order valence-corrected chi connectivity index (χ3v) is 3.86. The lowest BCUT2D eigenvalue weighted by Crippen LogP contribution is -2.47. The Balaban J connectivity index is 2.39. The van der Waals surface area contributed by atoms with Crippen LogP contribution in [0, 0.1) is 5.41 Å². The van der Waals surface area contributed by atoms with Gasteiger partial charge in [0.25, 0.3) is 0 Å². The number of amides is 1. The van der Waals surface area contributed by atoms with Crippen molar-refractivity contribution < 1.29 is 4.79 Å². The summed E-state index contributed by atoms with van der Waals surface area (Å²) in [6, 6.07) is 0. The Morgan fingerprint density at radius 1 is 1.53 bits per heavy atom. The molecule has 4 nitrogen and oxygen atoms in total. The highest BCUT2D eigenvalue weighted by atomic mass is 16.2. The lowest BCUT2D eigenvalue weighted by atomic mass is 9.90. The molecule has 0 aliphatic carbocycles. The summed E-state index contributed by atoms with van der Waals surface area (Å²) in [5, 5.41) is 3.07. The van der Waals surface area contributed by atoms with E-state index in [0.717, 1.165) is 25.9 Å². The molecule has 4 heteroatoms. The van der Waals surface area contributed by atoms with E-state index in [1.165, 1.54) is 0 Å². The lowest BCUT2D eigenvalue weighted by Gasteiger charge is -2.27. The number of nitrogens with two attached hydrogens (primary N) is 1. The molecular weight excluding hydrogens is 214 g/mol. The van der Waals surface area contributed by atoms with Gasteiger partial charge >= 0.3 is 0 Å². The average Bonchev–Trinajstić information content (AvgIpc) is 2.60. The Kier molecular flexibility index (Phi) is 4.55. The van der Waals surface area contributed by atoms with Crippen LogP contribution in [0.1, 0.15) is 40.5 Å². The van der Waals surface area contributed by atoms with E-state index in [9.17, 15) is 4.79 Å². The second-order valence-electron chi connectivity index (χ2n) is 6.26. The van der Waals surface area contributed by atoms with E-state index in [1.807, 2.05) is 0 Å². The van der Waals surface area contributed by atoms with Gasteiger partial charge in [-0.15, -0.1) is 0 Å². The maximum absolute atomic E-state index is 11.9. The van der Waals surface area contributed by atoms with Crippen LogP contribution in [-0.2, 0) is 4.79 Å². The Bertz CT molecular complexity index is 278. The molecule has 1 unspecified atom stereocenters. The highest BCUT2D eigenvalue weighted by Crippen LogP contribution is 2.28. The van der Waals surface area contributed by atoms with Crippen molar-refractivity contribution in [2.45, 2.75) is 46.1 Å². The normalized spacial score (nSPS) is 26.2. The van der Waals surface area contributed by atoms with Gasteiger partial charge in [0.15, 0.2) is 0 Å². The molecule has 100 valence electrons. The molecule has 1 amide bonds. The second kappa shape index (κ2) is 5.36. The summed E-state index contributed by atoms with van der Waals surface area (Å²) < 4.78 is 0. The number of carbonyl (C=O) groups is 1. The Hall–Kier alpha value is -0.610. The molecule has 0 saturated carbocycles. The molecule has 1 atom stereocenters. The van der Waals surface area contributed by atoms with Crippen molar-refractivity contribution in [3.63, 3.8) is 0 Å². The summed E-state index contributed by atoms with van der Waals surface area (Å²) in [7, 11) is 0. The predicted octanol–water partition coefficient (Wildman–Crippen LogP) is 0.962. The largest absolute Gasteiger partial charge is 0.350 e. The minimum atomic E-state index is -0.103. The fraction of sp³-hybridized carbons (Fsp3) is 0.923. The summed E-state index contributed by atoms with van der Waals surface area (Å²) >= 11 is 0. The van der Waals surface area contributed by atoms with Crippen LogP contribution >= 0.6 is 0 Å². The van der Waals surface area contributed by atoms with Crippen molar-refractivity contribution >= 4 is 5.91 Å². The number of nitrogens with zero attached hydrogens (tertiary/aromatic N) is 1. The fourth-order valence-corrected chi connectivity index (χ4v) is 2.14. The molecule has 1 aliphatic rings. The first kappa shape index (κ1) is 14.5. The molecule has 0 radical (unpaired) electrons.